The molecule has 2 atom stereocenters. The number of amides is 2. The number of aliphatic hydroxyl groups excluding tert-OH is 1. The van der Waals surface area contributed by atoms with Gasteiger partial charge in [-0.3, -0.25) is 14.4 Å². The molecule has 0 aliphatic heterocycles. The summed E-state index contributed by atoms with van der Waals surface area (Å²) in [7, 11) is 1.63. The van der Waals surface area contributed by atoms with Crippen LogP contribution in [-0.2, 0) is 11.8 Å². The third-order valence-corrected chi connectivity index (χ3v) is 5.98. The highest BCUT2D eigenvalue weighted by atomic mass is 19.1. The van der Waals surface area contributed by atoms with Gasteiger partial charge in [0.05, 0.1) is 17.4 Å². The minimum atomic E-state index is -0.746. The quantitative estimate of drug-likeness (QED) is 0.503. The molecule has 7 nitrogen and oxygen atoms in total. The number of carbonyl (C=O) groups excluding carboxylic acids is 3. The smallest absolute Gasteiger partial charge is 0.294 e. The molecule has 1 saturated carbocycles. The Bertz CT molecular complexity index is 1040. The van der Waals surface area contributed by atoms with Crippen LogP contribution >= 0.6 is 0 Å². The second-order valence-electron chi connectivity index (χ2n) is 8.23. The van der Waals surface area contributed by atoms with Crippen LogP contribution in [0.5, 0.6) is 0 Å². The molecule has 8 heteroatoms. The van der Waals surface area contributed by atoms with Gasteiger partial charge in [0.25, 0.3) is 17.6 Å². The zero-order chi connectivity index (χ0) is 22.9. The Morgan fingerprint density at radius 2 is 1.87 bits per heavy atom. The van der Waals surface area contributed by atoms with Crippen molar-refractivity contribution in [2.75, 3.05) is 5.32 Å². The lowest BCUT2D eigenvalue weighted by Gasteiger charge is -2.26. The maximum atomic E-state index is 13.5. The van der Waals surface area contributed by atoms with Gasteiger partial charge in [-0.15, -0.1) is 0 Å². The lowest BCUT2D eigenvalue weighted by atomic mass is 9.93. The predicted molar refractivity (Wildman–Crippen MR) is 115 cm³/mol. The number of halogens is 1. The van der Waals surface area contributed by atoms with Crippen molar-refractivity contribution in [2.45, 2.75) is 58.6 Å². The third-order valence-electron chi connectivity index (χ3n) is 5.98. The number of aromatic nitrogens is 1. The van der Waals surface area contributed by atoms with Gasteiger partial charge in [0, 0.05) is 24.5 Å². The van der Waals surface area contributed by atoms with Gasteiger partial charge in [0.15, 0.2) is 0 Å². The van der Waals surface area contributed by atoms with E-state index in [0.29, 0.717) is 47.3 Å². The van der Waals surface area contributed by atoms with E-state index in [1.165, 1.54) is 22.8 Å². The van der Waals surface area contributed by atoms with Crippen LogP contribution in [0.2, 0.25) is 0 Å². The van der Waals surface area contributed by atoms with Crippen molar-refractivity contribution < 1.29 is 23.9 Å². The number of hydrogen-bond donors (Lipinski definition) is 3. The van der Waals surface area contributed by atoms with Crippen LogP contribution in [0.15, 0.2) is 18.2 Å². The van der Waals surface area contributed by atoms with E-state index in [2.05, 4.69) is 10.6 Å². The first-order valence-corrected chi connectivity index (χ1v) is 10.4. The largest absolute Gasteiger partial charge is 0.393 e. The number of hydrogen-bond acceptors (Lipinski definition) is 4. The number of carbonyl (C=O) groups is 3. The first kappa shape index (κ1) is 22.7. The molecule has 1 aliphatic rings. The summed E-state index contributed by atoms with van der Waals surface area (Å²) in [6, 6.07) is 4.02. The summed E-state index contributed by atoms with van der Waals surface area (Å²) in [4.78, 5) is 38.4. The Morgan fingerprint density at radius 1 is 1.16 bits per heavy atom. The Labute approximate surface area is 180 Å². The SMILES string of the molecule is Cc1cc(NC(=O)c2c(C)c(C(=O)C(=O)N[C@@H]3CCC[C@H](O)C3)n(C)c2C)ccc1F. The number of anilines is 1. The molecular formula is C23H28FN3O4. The molecule has 2 amide bonds. The second-order valence-corrected chi connectivity index (χ2v) is 8.23. The van der Waals surface area contributed by atoms with Gasteiger partial charge in [-0.25, -0.2) is 4.39 Å². The van der Waals surface area contributed by atoms with Crippen molar-refractivity contribution in [3.05, 3.63) is 52.1 Å². The molecule has 2 aromatic rings. The summed E-state index contributed by atoms with van der Waals surface area (Å²) in [5, 5.41) is 15.2. The maximum Gasteiger partial charge on any atom is 0.294 e. The number of aliphatic hydroxyl groups is 1. The number of aryl methyl sites for hydroxylation is 1. The van der Waals surface area contributed by atoms with Crippen LogP contribution in [0.3, 0.4) is 0 Å². The Hall–Kier alpha value is -3.00. The lowest BCUT2D eigenvalue weighted by molar-refractivity contribution is -0.118. The number of Topliss-reactive ketones (excluding diaryl/α,β-unsaturated/α-hetero) is 1. The fourth-order valence-electron chi connectivity index (χ4n) is 4.20. The second kappa shape index (κ2) is 9.01. The van der Waals surface area contributed by atoms with E-state index >= 15 is 0 Å². The minimum absolute atomic E-state index is 0.145. The van der Waals surface area contributed by atoms with Gasteiger partial charge in [-0.2, -0.15) is 0 Å². The molecule has 3 rings (SSSR count). The fourth-order valence-corrected chi connectivity index (χ4v) is 4.20. The topological polar surface area (TPSA) is 100 Å². The Balaban J connectivity index is 1.81. The minimum Gasteiger partial charge on any atom is -0.393 e. The number of nitrogens with zero attached hydrogens (tertiary/aromatic N) is 1. The molecule has 0 saturated heterocycles. The number of ketones is 1. The highest BCUT2D eigenvalue weighted by molar-refractivity contribution is 6.43. The molecule has 31 heavy (non-hydrogen) atoms. The molecular weight excluding hydrogens is 401 g/mol. The predicted octanol–water partition coefficient (Wildman–Crippen LogP) is 2.94. The average Bonchev–Trinajstić information content (AvgIpc) is 2.92. The van der Waals surface area contributed by atoms with Gasteiger partial charge >= 0.3 is 0 Å². The van der Waals surface area contributed by atoms with Crippen molar-refractivity contribution in [1.82, 2.24) is 9.88 Å². The number of nitrogens with one attached hydrogen (secondary N) is 2. The van der Waals surface area contributed by atoms with Crippen molar-refractivity contribution in [2.24, 2.45) is 7.05 Å². The van der Waals surface area contributed by atoms with E-state index in [4.69, 9.17) is 0 Å². The third kappa shape index (κ3) is 4.69. The van der Waals surface area contributed by atoms with E-state index in [0.717, 1.165) is 6.42 Å². The normalized spacial score (nSPS) is 18.5. The van der Waals surface area contributed by atoms with E-state index in [1.54, 1.807) is 27.8 Å². The van der Waals surface area contributed by atoms with Gasteiger partial charge in [-0.1, -0.05) is 0 Å². The van der Waals surface area contributed by atoms with Gasteiger partial charge < -0.3 is 20.3 Å². The number of benzene rings is 1. The van der Waals surface area contributed by atoms with Gasteiger partial charge in [0.2, 0.25) is 0 Å². The maximum absolute atomic E-state index is 13.5. The first-order valence-electron chi connectivity index (χ1n) is 10.4. The summed E-state index contributed by atoms with van der Waals surface area (Å²) >= 11 is 0. The summed E-state index contributed by atoms with van der Waals surface area (Å²) < 4.78 is 15.0. The van der Waals surface area contributed by atoms with Crippen molar-refractivity contribution in [3.8, 4) is 0 Å². The van der Waals surface area contributed by atoms with Crippen LogP contribution in [-0.4, -0.2) is 39.4 Å². The highest BCUT2D eigenvalue weighted by Crippen LogP contribution is 2.24. The molecule has 0 spiro atoms. The molecule has 166 valence electrons. The zero-order valence-electron chi connectivity index (χ0n) is 18.2. The summed E-state index contributed by atoms with van der Waals surface area (Å²) in [5.41, 5.74) is 2.23. The Kier molecular flexibility index (Phi) is 6.59. The average molecular weight is 429 g/mol. The van der Waals surface area contributed by atoms with Crippen LogP contribution in [0.25, 0.3) is 0 Å². The first-order chi connectivity index (χ1) is 14.6. The molecule has 1 fully saturated rings. The molecule has 0 bridgehead atoms. The lowest BCUT2D eigenvalue weighted by Crippen LogP contribution is -2.43. The van der Waals surface area contributed by atoms with Crippen molar-refractivity contribution in [1.29, 1.82) is 0 Å². The fraction of sp³-hybridized carbons (Fsp3) is 0.435. The molecule has 1 heterocycles. The summed E-state index contributed by atoms with van der Waals surface area (Å²) in [6.45, 7) is 4.93. The van der Waals surface area contributed by atoms with E-state index in [1.807, 2.05) is 0 Å². The van der Waals surface area contributed by atoms with Crippen molar-refractivity contribution in [3.63, 3.8) is 0 Å². The zero-order valence-corrected chi connectivity index (χ0v) is 18.2. The molecule has 1 aromatic carbocycles. The molecule has 0 unspecified atom stereocenters. The van der Waals surface area contributed by atoms with E-state index in [-0.39, 0.29) is 17.6 Å². The molecule has 0 radical (unpaired) electrons. The monoisotopic (exact) mass is 429 g/mol. The van der Waals surface area contributed by atoms with Crippen molar-refractivity contribution >= 4 is 23.3 Å². The molecule has 3 N–H and O–H groups in total. The van der Waals surface area contributed by atoms with Crippen LogP contribution in [0.4, 0.5) is 10.1 Å². The standard InChI is InChI=1S/C23H28FN3O4/c1-12-10-16(8-9-18(12)24)25-22(30)19-13(2)20(27(4)14(19)3)21(29)23(31)26-15-6-5-7-17(28)11-15/h8-10,15,17,28H,5-7,11H2,1-4H3,(H,25,30)(H,26,31)/t15-,17+/m1/s1. The van der Waals surface area contributed by atoms with Gasteiger partial charge in [0.1, 0.15) is 5.82 Å². The summed E-state index contributed by atoms with van der Waals surface area (Å²) in [6.07, 6.45) is 2.15. The van der Waals surface area contributed by atoms with Crippen LogP contribution in [0, 0.1) is 26.6 Å². The highest BCUT2D eigenvalue weighted by Gasteiger charge is 2.30. The molecule has 1 aliphatic carbocycles. The Morgan fingerprint density at radius 3 is 2.52 bits per heavy atom. The summed E-state index contributed by atoms with van der Waals surface area (Å²) in [5.74, 6) is -2.27. The number of rotatable bonds is 5. The van der Waals surface area contributed by atoms with Crippen LogP contribution in [0.1, 0.15) is 63.4 Å². The van der Waals surface area contributed by atoms with Crippen LogP contribution < -0.4 is 10.6 Å². The molecule has 1 aromatic heterocycles. The van der Waals surface area contributed by atoms with E-state index in [9.17, 15) is 23.9 Å². The van der Waals surface area contributed by atoms with E-state index < -0.39 is 23.7 Å². The van der Waals surface area contributed by atoms with Gasteiger partial charge in [-0.05, 0) is 75.8 Å².